The molecule has 1 rings (SSSR count). The van der Waals surface area contributed by atoms with Gasteiger partial charge in [0.05, 0.1) is 11.3 Å². The van der Waals surface area contributed by atoms with E-state index in [1.807, 2.05) is 0 Å². The quantitative estimate of drug-likeness (QED) is 0.799. The molecule has 0 fully saturated rings. The molecule has 1 aromatic carbocycles. The highest BCUT2D eigenvalue weighted by Gasteiger charge is 2.07. The lowest BCUT2D eigenvalue weighted by Gasteiger charge is -2.07. The van der Waals surface area contributed by atoms with Gasteiger partial charge in [-0.3, -0.25) is 4.79 Å². The van der Waals surface area contributed by atoms with Crippen LogP contribution in [0.3, 0.4) is 0 Å². The first-order valence-electron chi connectivity index (χ1n) is 6.17. The van der Waals surface area contributed by atoms with Crippen LogP contribution in [0.25, 0.3) is 0 Å². The smallest absolute Gasteiger partial charge is 0.224 e. The number of rotatable bonds is 6. The summed E-state index contributed by atoms with van der Waals surface area (Å²) in [6.45, 7) is 2.14. The number of halogens is 1. The first-order valence-corrected chi connectivity index (χ1v) is 6.96. The Balaban J connectivity index is 2.54. The molecule has 18 heavy (non-hydrogen) atoms. The maximum absolute atomic E-state index is 11.7. The molecule has 96 valence electrons. The van der Waals surface area contributed by atoms with Gasteiger partial charge in [0.15, 0.2) is 0 Å². The molecule has 0 aliphatic rings. The number of benzene rings is 1. The fourth-order valence-electron chi connectivity index (χ4n) is 1.64. The number of hydrogen-bond donors (Lipinski definition) is 1. The summed E-state index contributed by atoms with van der Waals surface area (Å²) in [4.78, 5) is 11.7. The minimum Gasteiger partial charge on any atom is -0.325 e. The molecule has 1 aromatic rings. The van der Waals surface area contributed by atoms with Gasteiger partial charge in [0, 0.05) is 10.9 Å². The molecular formula is C14H17BrN2O. The van der Waals surface area contributed by atoms with E-state index in [0.717, 1.165) is 30.2 Å². The number of nitriles is 1. The second-order valence-electron chi connectivity index (χ2n) is 4.16. The molecule has 0 unspecified atom stereocenters. The van der Waals surface area contributed by atoms with Crippen LogP contribution in [0, 0.1) is 11.3 Å². The van der Waals surface area contributed by atoms with E-state index in [1.54, 1.807) is 18.2 Å². The Morgan fingerprint density at radius 3 is 2.83 bits per heavy atom. The van der Waals surface area contributed by atoms with E-state index in [-0.39, 0.29) is 5.91 Å². The second kappa shape index (κ2) is 7.88. The van der Waals surface area contributed by atoms with Crippen LogP contribution >= 0.6 is 15.9 Å². The lowest BCUT2D eigenvalue weighted by molar-refractivity contribution is -0.116. The highest BCUT2D eigenvalue weighted by Crippen LogP contribution is 2.21. The summed E-state index contributed by atoms with van der Waals surface area (Å²) in [5.41, 5.74) is 1.06. The average Bonchev–Trinajstić information content (AvgIpc) is 2.35. The van der Waals surface area contributed by atoms with Gasteiger partial charge in [-0.2, -0.15) is 5.26 Å². The Morgan fingerprint density at radius 2 is 2.17 bits per heavy atom. The number of unbranched alkanes of at least 4 members (excludes halogenated alkanes) is 3. The monoisotopic (exact) mass is 308 g/mol. The Morgan fingerprint density at radius 1 is 1.39 bits per heavy atom. The van der Waals surface area contributed by atoms with Crippen LogP contribution in [-0.2, 0) is 4.79 Å². The van der Waals surface area contributed by atoms with E-state index in [2.05, 4.69) is 34.2 Å². The summed E-state index contributed by atoms with van der Waals surface area (Å²) in [6.07, 6.45) is 4.81. The van der Waals surface area contributed by atoms with Crippen molar-refractivity contribution in [3.8, 4) is 6.07 Å². The number of amides is 1. The molecule has 0 atom stereocenters. The van der Waals surface area contributed by atoms with Crippen LogP contribution in [0.2, 0.25) is 0 Å². The van der Waals surface area contributed by atoms with Crippen molar-refractivity contribution in [2.45, 2.75) is 39.0 Å². The number of carbonyl (C=O) groups excluding carboxylic acids is 1. The number of nitrogens with zero attached hydrogens (tertiary/aromatic N) is 1. The number of nitrogens with one attached hydrogen (secondary N) is 1. The van der Waals surface area contributed by atoms with Crippen LogP contribution in [0.4, 0.5) is 5.69 Å². The van der Waals surface area contributed by atoms with Gasteiger partial charge < -0.3 is 5.32 Å². The minimum absolute atomic E-state index is 0.0271. The summed E-state index contributed by atoms with van der Waals surface area (Å²) in [5.74, 6) is -0.0271. The summed E-state index contributed by atoms with van der Waals surface area (Å²) >= 11 is 3.33. The predicted molar refractivity (Wildman–Crippen MR) is 76.2 cm³/mol. The molecule has 0 saturated carbocycles. The normalized spacial score (nSPS) is 9.83. The zero-order chi connectivity index (χ0) is 13.4. The molecule has 0 bridgehead atoms. The van der Waals surface area contributed by atoms with E-state index in [1.165, 1.54) is 0 Å². The largest absolute Gasteiger partial charge is 0.325 e. The Hall–Kier alpha value is -1.34. The van der Waals surface area contributed by atoms with E-state index in [9.17, 15) is 4.79 Å². The topological polar surface area (TPSA) is 52.9 Å². The van der Waals surface area contributed by atoms with E-state index >= 15 is 0 Å². The molecule has 0 saturated heterocycles. The van der Waals surface area contributed by atoms with Crippen LogP contribution < -0.4 is 5.32 Å². The fraction of sp³-hybridized carbons (Fsp3) is 0.429. The number of carbonyl (C=O) groups is 1. The van der Waals surface area contributed by atoms with Crippen molar-refractivity contribution in [1.82, 2.24) is 0 Å². The predicted octanol–water partition coefficient (Wildman–Crippen LogP) is 4.23. The molecule has 0 spiro atoms. The molecule has 0 aliphatic heterocycles. The molecular weight excluding hydrogens is 292 g/mol. The van der Waals surface area contributed by atoms with Gasteiger partial charge in [0.1, 0.15) is 6.07 Å². The van der Waals surface area contributed by atoms with Gasteiger partial charge >= 0.3 is 0 Å². The lowest BCUT2D eigenvalue weighted by Crippen LogP contribution is -2.12. The first-order chi connectivity index (χ1) is 8.67. The van der Waals surface area contributed by atoms with Gasteiger partial charge in [-0.05, 0) is 24.6 Å². The van der Waals surface area contributed by atoms with Crippen molar-refractivity contribution < 1.29 is 4.79 Å². The zero-order valence-corrected chi connectivity index (χ0v) is 12.1. The van der Waals surface area contributed by atoms with Crippen LogP contribution in [-0.4, -0.2) is 5.91 Å². The van der Waals surface area contributed by atoms with Crippen molar-refractivity contribution in [2.75, 3.05) is 5.32 Å². The van der Waals surface area contributed by atoms with Gasteiger partial charge in [0.25, 0.3) is 0 Å². The van der Waals surface area contributed by atoms with Crippen molar-refractivity contribution in [3.63, 3.8) is 0 Å². The van der Waals surface area contributed by atoms with Crippen LogP contribution in [0.1, 0.15) is 44.6 Å². The second-order valence-corrected chi connectivity index (χ2v) is 5.08. The Kier molecular flexibility index (Phi) is 6.45. The van der Waals surface area contributed by atoms with E-state index in [4.69, 9.17) is 5.26 Å². The zero-order valence-electron chi connectivity index (χ0n) is 10.5. The highest BCUT2D eigenvalue weighted by molar-refractivity contribution is 9.10. The van der Waals surface area contributed by atoms with Crippen molar-refractivity contribution >= 4 is 27.5 Å². The highest BCUT2D eigenvalue weighted by atomic mass is 79.9. The molecule has 1 amide bonds. The average molecular weight is 309 g/mol. The molecule has 0 aromatic heterocycles. The number of anilines is 1. The van der Waals surface area contributed by atoms with Crippen LogP contribution in [0.5, 0.6) is 0 Å². The number of hydrogen-bond acceptors (Lipinski definition) is 2. The summed E-state index contributed by atoms with van der Waals surface area (Å²) < 4.78 is 0.850. The third kappa shape index (κ3) is 4.89. The molecule has 3 nitrogen and oxygen atoms in total. The van der Waals surface area contributed by atoms with Gasteiger partial charge in [-0.15, -0.1) is 0 Å². The molecule has 1 N–H and O–H groups in total. The molecule has 4 heteroatoms. The summed E-state index contributed by atoms with van der Waals surface area (Å²) in [5, 5.41) is 11.7. The van der Waals surface area contributed by atoms with Crippen molar-refractivity contribution in [1.29, 1.82) is 5.26 Å². The third-order valence-corrected chi connectivity index (χ3v) is 3.13. The van der Waals surface area contributed by atoms with E-state index in [0.29, 0.717) is 17.7 Å². The van der Waals surface area contributed by atoms with Gasteiger partial charge in [0.2, 0.25) is 5.91 Å². The van der Waals surface area contributed by atoms with E-state index < -0.39 is 0 Å². The summed E-state index contributed by atoms with van der Waals surface area (Å²) in [6, 6.07) is 7.30. The fourth-order valence-corrected chi connectivity index (χ4v) is 2.00. The summed E-state index contributed by atoms with van der Waals surface area (Å²) in [7, 11) is 0. The Bertz CT molecular complexity index is 452. The standard InChI is InChI=1S/C14H17BrN2O/c1-2-3-4-5-6-14(18)17-13-9-12(15)8-7-11(13)10-16/h7-9H,2-6H2,1H3,(H,17,18). The lowest BCUT2D eigenvalue weighted by atomic mass is 10.1. The molecule has 0 aliphatic carbocycles. The maximum atomic E-state index is 11.7. The first kappa shape index (κ1) is 14.7. The molecule has 0 radical (unpaired) electrons. The maximum Gasteiger partial charge on any atom is 0.224 e. The van der Waals surface area contributed by atoms with Gasteiger partial charge in [-0.25, -0.2) is 0 Å². The SMILES string of the molecule is CCCCCCC(=O)Nc1cc(Br)ccc1C#N. The van der Waals surface area contributed by atoms with Crippen molar-refractivity contribution in [3.05, 3.63) is 28.2 Å². The Labute approximate surface area is 116 Å². The molecule has 0 heterocycles. The van der Waals surface area contributed by atoms with Gasteiger partial charge in [-0.1, -0.05) is 42.1 Å². The van der Waals surface area contributed by atoms with Crippen molar-refractivity contribution in [2.24, 2.45) is 0 Å². The third-order valence-electron chi connectivity index (χ3n) is 2.63. The minimum atomic E-state index is -0.0271. The van der Waals surface area contributed by atoms with Crippen LogP contribution in [0.15, 0.2) is 22.7 Å².